The second-order valence-electron chi connectivity index (χ2n) is 4.64. The number of halogens is 1. The highest BCUT2D eigenvalue weighted by atomic mass is 35.5. The number of fused-ring (bicyclic) bond motifs is 1. The Labute approximate surface area is 105 Å². The number of nitrogens with zero attached hydrogens (tertiary/aromatic N) is 2. The van der Waals surface area contributed by atoms with Crippen LogP contribution in [0.25, 0.3) is 10.9 Å². The minimum Gasteiger partial charge on any atom is -0.399 e. The van der Waals surface area contributed by atoms with Crippen molar-refractivity contribution in [2.45, 2.75) is 31.6 Å². The Hall–Kier alpha value is -1.35. The average Bonchev–Trinajstić information content (AvgIpc) is 2.82. The summed E-state index contributed by atoms with van der Waals surface area (Å²) in [5, 5.41) is 1.39. The van der Waals surface area contributed by atoms with E-state index in [0.717, 1.165) is 22.3 Å². The molecular weight excluding hydrogens is 234 g/mol. The molecule has 0 atom stereocenters. The van der Waals surface area contributed by atoms with E-state index in [4.69, 9.17) is 17.3 Å². The summed E-state index contributed by atoms with van der Waals surface area (Å²) in [7, 11) is 0. The summed E-state index contributed by atoms with van der Waals surface area (Å²) in [5.74, 6) is 0.514. The van der Waals surface area contributed by atoms with Gasteiger partial charge in [-0.1, -0.05) is 12.8 Å². The number of aromatic nitrogens is 2. The highest BCUT2D eigenvalue weighted by Crippen LogP contribution is 2.37. The second-order valence-corrected chi connectivity index (χ2v) is 4.97. The fourth-order valence-electron chi connectivity index (χ4n) is 2.65. The van der Waals surface area contributed by atoms with Crippen LogP contribution in [-0.4, -0.2) is 9.97 Å². The number of nitrogens with two attached hydrogens (primary N) is 1. The Balaban J connectivity index is 2.23. The molecule has 0 spiro atoms. The van der Waals surface area contributed by atoms with Gasteiger partial charge in [0.2, 0.25) is 5.28 Å². The average molecular weight is 248 g/mol. The van der Waals surface area contributed by atoms with Crippen LogP contribution >= 0.6 is 11.6 Å². The van der Waals surface area contributed by atoms with E-state index >= 15 is 0 Å². The molecule has 88 valence electrons. The van der Waals surface area contributed by atoms with Crippen molar-refractivity contribution in [3.63, 3.8) is 0 Å². The molecule has 1 aromatic carbocycles. The normalized spacial score (nSPS) is 16.8. The van der Waals surface area contributed by atoms with Crippen LogP contribution in [0.15, 0.2) is 18.2 Å². The van der Waals surface area contributed by atoms with Gasteiger partial charge in [-0.05, 0) is 42.6 Å². The van der Waals surface area contributed by atoms with Crippen molar-refractivity contribution < 1.29 is 0 Å². The molecular formula is C13H14ClN3. The minimum atomic E-state index is 0.337. The summed E-state index contributed by atoms with van der Waals surface area (Å²) in [6, 6.07) is 5.72. The molecule has 1 heterocycles. The lowest BCUT2D eigenvalue weighted by Gasteiger charge is -2.12. The zero-order chi connectivity index (χ0) is 11.8. The van der Waals surface area contributed by atoms with E-state index in [1.165, 1.54) is 25.7 Å². The summed E-state index contributed by atoms with van der Waals surface area (Å²) >= 11 is 5.99. The number of hydrogen-bond donors (Lipinski definition) is 1. The smallest absolute Gasteiger partial charge is 0.223 e. The van der Waals surface area contributed by atoms with Gasteiger partial charge in [0.1, 0.15) is 0 Å². The first-order valence-electron chi connectivity index (χ1n) is 5.97. The summed E-state index contributed by atoms with van der Waals surface area (Å²) in [4.78, 5) is 8.67. The van der Waals surface area contributed by atoms with E-state index in [2.05, 4.69) is 9.97 Å². The largest absolute Gasteiger partial charge is 0.399 e. The SMILES string of the molecule is Nc1ccc2nc(Cl)nc(C3CCCC3)c2c1. The van der Waals surface area contributed by atoms with E-state index in [-0.39, 0.29) is 0 Å². The molecule has 2 N–H and O–H groups in total. The molecule has 0 unspecified atom stereocenters. The van der Waals surface area contributed by atoms with Crippen LogP contribution < -0.4 is 5.73 Å². The Kier molecular flexibility index (Phi) is 2.63. The van der Waals surface area contributed by atoms with E-state index in [1.54, 1.807) is 0 Å². The van der Waals surface area contributed by atoms with Crippen molar-refractivity contribution in [3.05, 3.63) is 29.2 Å². The van der Waals surface area contributed by atoms with Crippen molar-refractivity contribution in [2.24, 2.45) is 0 Å². The Morgan fingerprint density at radius 3 is 2.71 bits per heavy atom. The first-order chi connectivity index (χ1) is 8.24. The Morgan fingerprint density at radius 1 is 1.18 bits per heavy atom. The molecule has 1 fully saturated rings. The predicted octanol–water partition coefficient (Wildman–Crippen LogP) is 3.52. The molecule has 4 heteroatoms. The number of anilines is 1. The highest BCUT2D eigenvalue weighted by Gasteiger charge is 2.21. The minimum absolute atomic E-state index is 0.337. The molecule has 1 aromatic heterocycles. The lowest BCUT2D eigenvalue weighted by molar-refractivity contribution is 0.703. The molecule has 0 radical (unpaired) electrons. The third kappa shape index (κ3) is 1.95. The molecule has 1 aliphatic carbocycles. The van der Waals surface area contributed by atoms with Crippen LogP contribution in [0.5, 0.6) is 0 Å². The third-order valence-corrected chi connectivity index (χ3v) is 3.63. The van der Waals surface area contributed by atoms with Crippen molar-refractivity contribution >= 4 is 28.2 Å². The zero-order valence-electron chi connectivity index (χ0n) is 9.49. The van der Waals surface area contributed by atoms with Crippen molar-refractivity contribution in [1.29, 1.82) is 0 Å². The van der Waals surface area contributed by atoms with Gasteiger partial charge in [0, 0.05) is 17.0 Å². The highest BCUT2D eigenvalue weighted by molar-refractivity contribution is 6.28. The number of rotatable bonds is 1. The van der Waals surface area contributed by atoms with Gasteiger partial charge in [-0.3, -0.25) is 0 Å². The molecule has 0 bridgehead atoms. The van der Waals surface area contributed by atoms with Crippen LogP contribution in [-0.2, 0) is 0 Å². The first-order valence-corrected chi connectivity index (χ1v) is 6.34. The Morgan fingerprint density at radius 2 is 1.94 bits per heavy atom. The van der Waals surface area contributed by atoms with Gasteiger partial charge in [0.15, 0.2) is 0 Å². The Bertz CT molecular complexity index is 562. The maximum absolute atomic E-state index is 5.99. The first kappa shape index (κ1) is 10.8. The van der Waals surface area contributed by atoms with Gasteiger partial charge >= 0.3 is 0 Å². The van der Waals surface area contributed by atoms with Crippen molar-refractivity contribution in [3.8, 4) is 0 Å². The van der Waals surface area contributed by atoms with Gasteiger partial charge in [0.05, 0.1) is 11.2 Å². The van der Waals surface area contributed by atoms with Crippen molar-refractivity contribution in [2.75, 3.05) is 5.73 Å². The third-order valence-electron chi connectivity index (χ3n) is 3.46. The van der Waals surface area contributed by atoms with Gasteiger partial charge in [-0.25, -0.2) is 9.97 Å². The fourth-order valence-corrected chi connectivity index (χ4v) is 2.83. The molecule has 0 saturated heterocycles. The maximum atomic E-state index is 5.99. The second kappa shape index (κ2) is 4.15. The van der Waals surface area contributed by atoms with Gasteiger partial charge in [-0.15, -0.1) is 0 Å². The molecule has 1 saturated carbocycles. The molecule has 1 aliphatic rings. The summed E-state index contributed by atoms with van der Waals surface area (Å²) in [5.41, 5.74) is 8.56. The van der Waals surface area contributed by atoms with E-state index < -0.39 is 0 Å². The summed E-state index contributed by atoms with van der Waals surface area (Å²) in [6.07, 6.45) is 4.93. The van der Waals surface area contributed by atoms with Gasteiger partial charge < -0.3 is 5.73 Å². The van der Waals surface area contributed by atoms with E-state index in [1.807, 2.05) is 18.2 Å². The molecule has 0 aliphatic heterocycles. The number of benzene rings is 1. The molecule has 3 nitrogen and oxygen atoms in total. The van der Waals surface area contributed by atoms with Crippen LogP contribution in [0.1, 0.15) is 37.3 Å². The maximum Gasteiger partial charge on any atom is 0.223 e. The van der Waals surface area contributed by atoms with E-state index in [9.17, 15) is 0 Å². The molecule has 17 heavy (non-hydrogen) atoms. The lowest BCUT2D eigenvalue weighted by atomic mass is 9.99. The van der Waals surface area contributed by atoms with Gasteiger partial charge in [-0.2, -0.15) is 0 Å². The topological polar surface area (TPSA) is 51.8 Å². The summed E-state index contributed by atoms with van der Waals surface area (Å²) < 4.78 is 0. The van der Waals surface area contributed by atoms with Crippen LogP contribution in [0.4, 0.5) is 5.69 Å². The molecule has 2 aromatic rings. The van der Waals surface area contributed by atoms with E-state index in [0.29, 0.717) is 11.2 Å². The predicted molar refractivity (Wildman–Crippen MR) is 70.2 cm³/mol. The number of nitrogen functional groups attached to an aromatic ring is 1. The fraction of sp³-hybridized carbons (Fsp3) is 0.385. The van der Waals surface area contributed by atoms with Crippen LogP contribution in [0.2, 0.25) is 5.28 Å². The van der Waals surface area contributed by atoms with Crippen molar-refractivity contribution in [1.82, 2.24) is 9.97 Å². The quantitative estimate of drug-likeness (QED) is 0.620. The monoisotopic (exact) mass is 247 g/mol. The molecule has 0 amide bonds. The van der Waals surface area contributed by atoms with Crippen LogP contribution in [0, 0.1) is 0 Å². The molecule has 3 rings (SSSR count). The number of hydrogen-bond acceptors (Lipinski definition) is 3. The van der Waals surface area contributed by atoms with Crippen LogP contribution in [0.3, 0.4) is 0 Å². The zero-order valence-corrected chi connectivity index (χ0v) is 10.2. The standard InChI is InChI=1S/C13H14ClN3/c14-13-16-11-6-5-9(15)7-10(11)12(17-13)8-3-1-2-4-8/h5-8H,1-4,15H2. The van der Waals surface area contributed by atoms with Gasteiger partial charge in [0.25, 0.3) is 0 Å². The lowest BCUT2D eigenvalue weighted by Crippen LogP contribution is -2.01. The summed E-state index contributed by atoms with van der Waals surface area (Å²) in [6.45, 7) is 0.